The van der Waals surface area contributed by atoms with Crippen molar-refractivity contribution in [1.29, 1.82) is 0 Å². The van der Waals surface area contributed by atoms with Gasteiger partial charge < -0.3 is 23.8 Å². The molecule has 196 valence electrons. The third-order valence-electron chi connectivity index (χ3n) is 6.11. The highest BCUT2D eigenvalue weighted by atomic mass is 19.1. The first-order valence-corrected chi connectivity index (χ1v) is 11.9. The van der Waals surface area contributed by atoms with Gasteiger partial charge in [0.15, 0.2) is 11.5 Å². The average Bonchev–Trinajstić information content (AvgIpc) is 2.96. The summed E-state index contributed by atoms with van der Waals surface area (Å²) in [5.41, 5.74) is 2.87. The molecule has 7 nitrogen and oxygen atoms in total. The molecular formula is C30H28FNO6. The van der Waals surface area contributed by atoms with Crippen LogP contribution in [0.1, 0.15) is 22.6 Å². The van der Waals surface area contributed by atoms with Gasteiger partial charge in [-0.25, -0.2) is 14.0 Å². The molecule has 0 saturated carbocycles. The molecule has 0 aliphatic carbocycles. The molecule has 3 aromatic rings. The zero-order chi connectivity index (χ0) is 27.1. The van der Waals surface area contributed by atoms with Crippen LogP contribution >= 0.6 is 0 Å². The maximum atomic E-state index is 13.4. The van der Waals surface area contributed by atoms with Gasteiger partial charge in [0, 0.05) is 18.9 Å². The third kappa shape index (κ3) is 6.03. The van der Waals surface area contributed by atoms with Gasteiger partial charge in [-0.15, -0.1) is 0 Å². The van der Waals surface area contributed by atoms with Crippen molar-refractivity contribution in [2.24, 2.45) is 0 Å². The van der Waals surface area contributed by atoms with E-state index in [9.17, 15) is 14.0 Å². The Balaban J connectivity index is 1.69. The minimum atomic E-state index is -0.781. The van der Waals surface area contributed by atoms with Crippen LogP contribution in [-0.2, 0) is 32.2 Å². The predicted molar refractivity (Wildman–Crippen MR) is 139 cm³/mol. The van der Waals surface area contributed by atoms with Gasteiger partial charge >= 0.3 is 11.9 Å². The Kier molecular flexibility index (Phi) is 8.43. The molecule has 4 rings (SSSR count). The molecule has 0 spiro atoms. The maximum Gasteiger partial charge on any atom is 0.336 e. The molecular weight excluding hydrogens is 489 g/mol. The molecule has 0 atom stereocenters. The topological polar surface area (TPSA) is 74.3 Å². The number of carbonyl (C=O) groups is 2. The number of hydrogen-bond acceptors (Lipinski definition) is 7. The van der Waals surface area contributed by atoms with Crippen LogP contribution in [-0.4, -0.2) is 38.2 Å². The summed E-state index contributed by atoms with van der Waals surface area (Å²) in [6.07, 6.45) is 3.25. The molecule has 1 heterocycles. The van der Waals surface area contributed by atoms with E-state index in [-0.39, 0.29) is 17.0 Å². The smallest absolute Gasteiger partial charge is 0.336 e. The van der Waals surface area contributed by atoms with Crippen molar-refractivity contribution in [3.63, 3.8) is 0 Å². The Hall–Kier alpha value is -4.59. The van der Waals surface area contributed by atoms with Crippen LogP contribution in [0.15, 0.2) is 96.3 Å². The normalized spacial score (nSPS) is 13.3. The van der Waals surface area contributed by atoms with E-state index in [0.29, 0.717) is 30.2 Å². The molecule has 0 aromatic heterocycles. The molecule has 8 heteroatoms. The summed E-state index contributed by atoms with van der Waals surface area (Å²) >= 11 is 0. The minimum Gasteiger partial charge on any atom is -0.493 e. The molecule has 0 radical (unpaired) electrons. The van der Waals surface area contributed by atoms with Gasteiger partial charge in [-0.3, -0.25) is 0 Å². The van der Waals surface area contributed by atoms with E-state index in [1.165, 1.54) is 33.5 Å². The third-order valence-corrected chi connectivity index (χ3v) is 6.11. The molecule has 3 aromatic carbocycles. The standard InChI is InChI=1S/C30H28FNO6/c1-35-27-15-22(11-14-26(27)38-19-21-7-5-4-6-8-21)28-24(29(33)36-2)17-32(18-25(28)30(34)37-3)16-20-9-12-23(31)13-10-20/h4-15,17-18,28H,16,19H2,1-3H3. The summed E-state index contributed by atoms with van der Waals surface area (Å²) in [7, 11) is 4.08. The van der Waals surface area contributed by atoms with Crippen molar-refractivity contribution >= 4 is 11.9 Å². The minimum absolute atomic E-state index is 0.234. The van der Waals surface area contributed by atoms with Crippen molar-refractivity contribution in [3.05, 3.63) is 119 Å². The summed E-state index contributed by atoms with van der Waals surface area (Å²) < 4.78 is 35.1. The van der Waals surface area contributed by atoms with E-state index in [1.54, 1.807) is 47.6 Å². The molecule has 1 aliphatic heterocycles. The van der Waals surface area contributed by atoms with E-state index >= 15 is 0 Å². The van der Waals surface area contributed by atoms with Crippen molar-refractivity contribution in [1.82, 2.24) is 4.90 Å². The van der Waals surface area contributed by atoms with E-state index in [0.717, 1.165) is 11.1 Å². The summed E-state index contributed by atoms with van der Waals surface area (Å²) in [6, 6.07) is 20.9. The number of benzene rings is 3. The van der Waals surface area contributed by atoms with Crippen LogP contribution in [0.2, 0.25) is 0 Å². The highest BCUT2D eigenvalue weighted by molar-refractivity contribution is 5.98. The molecule has 1 aliphatic rings. The Labute approximate surface area is 220 Å². The average molecular weight is 518 g/mol. The maximum absolute atomic E-state index is 13.4. The van der Waals surface area contributed by atoms with Crippen molar-refractivity contribution in [3.8, 4) is 11.5 Å². The van der Waals surface area contributed by atoms with E-state index < -0.39 is 17.9 Å². The zero-order valence-corrected chi connectivity index (χ0v) is 21.3. The number of methoxy groups -OCH3 is 3. The molecule has 38 heavy (non-hydrogen) atoms. The van der Waals surface area contributed by atoms with Gasteiger partial charge in [0.1, 0.15) is 12.4 Å². The number of halogens is 1. The first-order chi connectivity index (χ1) is 18.4. The van der Waals surface area contributed by atoms with Crippen LogP contribution in [0.25, 0.3) is 0 Å². The molecule has 0 amide bonds. The fourth-order valence-electron chi connectivity index (χ4n) is 4.26. The lowest BCUT2D eigenvalue weighted by Gasteiger charge is -2.30. The lowest BCUT2D eigenvalue weighted by Crippen LogP contribution is -2.28. The molecule has 0 bridgehead atoms. The van der Waals surface area contributed by atoms with Crippen molar-refractivity contribution < 1.29 is 32.9 Å². The Morgan fingerprint density at radius 2 is 1.42 bits per heavy atom. The monoisotopic (exact) mass is 517 g/mol. The predicted octanol–water partition coefficient (Wildman–Crippen LogP) is 5.13. The molecule has 0 N–H and O–H groups in total. The van der Waals surface area contributed by atoms with Crippen LogP contribution in [0.3, 0.4) is 0 Å². The van der Waals surface area contributed by atoms with Gasteiger partial charge in [-0.2, -0.15) is 0 Å². The van der Waals surface area contributed by atoms with Gasteiger partial charge in [-0.05, 0) is 41.0 Å². The van der Waals surface area contributed by atoms with Gasteiger partial charge in [-0.1, -0.05) is 48.5 Å². The Morgan fingerprint density at radius 1 is 0.789 bits per heavy atom. The lowest BCUT2D eigenvalue weighted by molar-refractivity contribution is -0.137. The van der Waals surface area contributed by atoms with Gasteiger partial charge in [0.2, 0.25) is 0 Å². The second-order valence-electron chi connectivity index (χ2n) is 8.57. The second-order valence-corrected chi connectivity index (χ2v) is 8.57. The van der Waals surface area contributed by atoms with Gasteiger partial charge in [0.25, 0.3) is 0 Å². The largest absolute Gasteiger partial charge is 0.493 e. The zero-order valence-electron chi connectivity index (χ0n) is 21.3. The molecule has 0 fully saturated rings. The second kappa shape index (κ2) is 12.1. The van der Waals surface area contributed by atoms with Crippen LogP contribution < -0.4 is 9.47 Å². The Morgan fingerprint density at radius 3 is 2.00 bits per heavy atom. The SMILES string of the molecule is COC(=O)C1=CN(Cc2ccc(F)cc2)C=C(C(=O)OC)C1c1ccc(OCc2ccccc2)c(OC)c1. The number of nitrogens with zero attached hydrogens (tertiary/aromatic N) is 1. The number of esters is 2. The highest BCUT2D eigenvalue weighted by Crippen LogP contribution is 2.41. The lowest BCUT2D eigenvalue weighted by atomic mass is 9.83. The summed E-state index contributed by atoms with van der Waals surface area (Å²) in [6.45, 7) is 0.641. The van der Waals surface area contributed by atoms with E-state index in [4.69, 9.17) is 18.9 Å². The van der Waals surface area contributed by atoms with E-state index in [1.807, 2.05) is 30.3 Å². The van der Waals surface area contributed by atoms with Gasteiger partial charge in [0.05, 0.1) is 38.4 Å². The quantitative estimate of drug-likeness (QED) is 0.365. The number of rotatable bonds is 9. The van der Waals surface area contributed by atoms with Crippen LogP contribution in [0, 0.1) is 5.82 Å². The number of hydrogen-bond donors (Lipinski definition) is 0. The first kappa shape index (κ1) is 26.5. The Bertz CT molecular complexity index is 1320. The van der Waals surface area contributed by atoms with Crippen LogP contribution in [0.5, 0.6) is 11.5 Å². The van der Waals surface area contributed by atoms with E-state index in [2.05, 4.69) is 0 Å². The molecule has 0 saturated heterocycles. The van der Waals surface area contributed by atoms with Crippen LogP contribution in [0.4, 0.5) is 4.39 Å². The summed E-state index contributed by atoms with van der Waals surface area (Å²) in [5, 5.41) is 0. The fraction of sp³-hybridized carbons (Fsp3) is 0.200. The number of carbonyl (C=O) groups excluding carboxylic acids is 2. The highest BCUT2D eigenvalue weighted by Gasteiger charge is 2.35. The molecule has 0 unspecified atom stereocenters. The first-order valence-electron chi connectivity index (χ1n) is 11.9. The van der Waals surface area contributed by atoms with Crippen molar-refractivity contribution in [2.75, 3.05) is 21.3 Å². The van der Waals surface area contributed by atoms with Crippen molar-refractivity contribution in [2.45, 2.75) is 19.1 Å². The fourth-order valence-corrected chi connectivity index (χ4v) is 4.26. The summed E-state index contributed by atoms with van der Waals surface area (Å²) in [5.74, 6) is -1.37. The summed E-state index contributed by atoms with van der Waals surface area (Å²) in [4.78, 5) is 27.5. The number of ether oxygens (including phenoxy) is 4.